The van der Waals surface area contributed by atoms with Crippen molar-refractivity contribution in [3.8, 4) is 0 Å². The molecule has 150 valence electrons. The highest BCUT2D eigenvalue weighted by Gasteiger charge is 2.38. The fourth-order valence-corrected chi connectivity index (χ4v) is 4.41. The third-order valence-electron chi connectivity index (χ3n) is 6.22. The van der Waals surface area contributed by atoms with Gasteiger partial charge in [-0.3, -0.25) is 14.5 Å². The van der Waals surface area contributed by atoms with Crippen molar-refractivity contribution >= 4 is 29.2 Å². The Morgan fingerprint density at radius 1 is 1.04 bits per heavy atom. The first-order chi connectivity index (χ1) is 13.5. The van der Waals surface area contributed by atoms with Crippen LogP contribution in [-0.4, -0.2) is 48.1 Å². The Morgan fingerprint density at radius 2 is 1.79 bits per heavy atom. The number of rotatable bonds is 5. The largest absolute Gasteiger partial charge is 0.478 e. The summed E-state index contributed by atoms with van der Waals surface area (Å²) in [5.74, 6) is -1.31. The minimum absolute atomic E-state index is 0.0300. The number of hydrogen-bond acceptors (Lipinski definition) is 4. The minimum Gasteiger partial charge on any atom is -0.478 e. The molecule has 2 N–H and O–H groups in total. The zero-order chi connectivity index (χ0) is 19.7. The number of carbonyl (C=O) groups is 3. The number of carboxylic acids is 1. The van der Waals surface area contributed by atoms with Crippen LogP contribution in [0.3, 0.4) is 0 Å². The monoisotopic (exact) mass is 385 g/mol. The third kappa shape index (κ3) is 3.63. The van der Waals surface area contributed by atoms with Crippen LogP contribution in [0.2, 0.25) is 0 Å². The molecule has 1 heterocycles. The summed E-state index contributed by atoms with van der Waals surface area (Å²) in [6.07, 6.45) is 8.72. The second-order valence-electron chi connectivity index (χ2n) is 8.05. The number of benzene rings is 1. The Morgan fingerprint density at radius 3 is 2.43 bits per heavy atom. The molecule has 0 unspecified atom stereocenters. The lowest BCUT2D eigenvalue weighted by atomic mass is 9.90. The average Bonchev–Trinajstić information content (AvgIpc) is 2.66. The molecule has 1 aromatic carbocycles. The minimum atomic E-state index is -1.04. The van der Waals surface area contributed by atoms with Crippen LogP contribution in [0.15, 0.2) is 18.2 Å². The molecule has 3 aliphatic rings. The Kier molecular flexibility index (Phi) is 5.35. The van der Waals surface area contributed by atoms with Gasteiger partial charge in [0.15, 0.2) is 0 Å². The Bertz CT molecular complexity index is 784. The quantitative estimate of drug-likeness (QED) is 0.813. The van der Waals surface area contributed by atoms with Gasteiger partial charge in [0.05, 0.1) is 23.5 Å². The maximum absolute atomic E-state index is 12.9. The van der Waals surface area contributed by atoms with E-state index in [-0.39, 0.29) is 36.5 Å². The first kappa shape index (κ1) is 18.9. The fourth-order valence-electron chi connectivity index (χ4n) is 4.41. The molecule has 2 fully saturated rings. The number of carboxylic acid groups (broad SMARTS) is 1. The van der Waals surface area contributed by atoms with Gasteiger partial charge in [0.2, 0.25) is 11.8 Å². The molecule has 0 atom stereocenters. The van der Waals surface area contributed by atoms with Gasteiger partial charge in [0.1, 0.15) is 6.54 Å². The van der Waals surface area contributed by atoms with E-state index in [9.17, 15) is 19.5 Å². The van der Waals surface area contributed by atoms with E-state index in [2.05, 4.69) is 5.32 Å². The van der Waals surface area contributed by atoms with Crippen molar-refractivity contribution in [1.29, 1.82) is 0 Å². The second kappa shape index (κ2) is 7.91. The van der Waals surface area contributed by atoms with Crippen molar-refractivity contribution in [2.75, 3.05) is 22.9 Å². The van der Waals surface area contributed by atoms with Crippen molar-refractivity contribution in [2.45, 2.75) is 63.5 Å². The van der Waals surface area contributed by atoms with Crippen molar-refractivity contribution in [1.82, 2.24) is 5.32 Å². The molecule has 7 nitrogen and oxygen atoms in total. The number of fused-ring (bicyclic) bond motifs is 1. The predicted molar refractivity (Wildman–Crippen MR) is 106 cm³/mol. The number of anilines is 2. The first-order valence-corrected chi connectivity index (χ1v) is 10.3. The Labute approximate surface area is 164 Å². The van der Waals surface area contributed by atoms with E-state index < -0.39 is 5.97 Å². The smallest absolute Gasteiger partial charge is 0.335 e. The summed E-state index contributed by atoms with van der Waals surface area (Å²) in [6, 6.07) is 5.19. The topological polar surface area (TPSA) is 90.0 Å². The van der Waals surface area contributed by atoms with Gasteiger partial charge in [-0.15, -0.1) is 0 Å². The summed E-state index contributed by atoms with van der Waals surface area (Å²) in [5, 5.41) is 12.7. The van der Waals surface area contributed by atoms with Crippen LogP contribution in [0, 0.1) is 0 Å². The lowest BCUT2D eigenvalue weighted by Crippen LogP contribution is -2.55. The molecule has 28 heavy (non-hydrogen) atoms. The molecule has 2 saturated carbocycles. The molecule has 0 radical (unpaired) electrons. The van der Waals surface area contributed by atoms with Crippen molar-refractivity contribution in [3.63, 3.8) is 0 Å². The summed E-state index contributed by atoms with van der Waals surface area (Å²) in [4.78, 5) is 40.4. The van der Waals surface area contributed by atoms with E-state index in [1.807, 2.05) is 0 Å². The third-order valence-corrected chi connectivity index (χ3v) is 6.22. The van der Waals surface area contributed by atoms with E-state index in [0.29, 0.717) is 17.4 Å². The highest BCUT2D eigenvalue weighted by molar-refractivity contribution is 6.12. The molecular formula is C21H27N3O4. The summed E-state index contributed by atoms with van der Waals surface area (Å²) in [5.41, 5.74) is 1.30. The van der Waals surface area contributed by atoms with Crippen LogP contribution in [0.25, 0.3) is 0 Å². The van der Waals surface area contributed by atoms with Gasteiger partial charge >= 0.3 is 5.97 Å². The maximum atomic E-state index is 12.9. The molecule has 4 rings (SSSR count). The van der Waals surface area contributed by atoms with Gasteiger partial charge < -0.3 is 15.3 Å². The fraction of sp³-hybridized carbons (Fsp3) is 0.571. The average molecular weight is 385 g/mol. The van der Waals surface area contributed by atoms with Crippen LogP contribution in [0.1, 0.15) is 61.7 Å². The molecule has 0 aromatic heterocycles. The standard InChI is InChI=1S/C21H27N3O4/c25-19(12-22-15-5-2-1-3-6-15)23-13-20(26)24(16-7-4-8-16)17-10-9-14(21(27)28)11-18(17)23/h9-11,15-16,22H,1-8,12-13H2,(H,27,28). The van der Waals surface area contributed by atoms with Crippen LogP contribution in [0.4, 0.5) is 11.4 Å². The highest BCUT2D eigenvalue weighted by Crippen LogP contribution is 2.39. The van der Waals surface area contributed by atoms with Crippen LogP contribution < -0.4 is 15.1 Å². The molecule has 1 aromatic rings. The van der Waals surface area contributed by atoms with Crippen LogP contribution in [-0.2, 0) is 9.59 Å². The van der Waals surface area contributed by atoms with Gasteiger partial charge in [0, 0.05) is 12.1 Å². The Balaban J connectivity index is 1.58. The lowest BCUT2D eigenvalue weighted by Gasteiger charge is -2.43. The van der Waals surface area contributed by atoms with Gasteiger partial charge in [0.25, 0.3) is 0 Å². The number of aromatic carboxylic acids is 1. The van der Waals surface area contributed by atoms with Crippen molar-refractivity contribution < 1.29 is 19.5 Å². The summed E-state index contributed by atoms with van der Waals surface area (Å²) in [6.45, 7) is 0.135. The number of hydrogen-bond donors (Lipinski definition) is 2. The van der Waals surface area contributed by atoms with Gasteiger partial charge in [-0.1, -0.05) is 19.3 Å². The van der Waals surface area contributed by atoms with Gasteiger partial charge in [-0.25, -0.2) is 4.79 Å². The van der Waals surface area contributed by atoms with Crippen molar-refractivity contribution in [2.24, 2.45) is 0 Å². The molecule has 0 spiro atoms. The predicted octanol–water partition coefficient (Wildman–Crippen LogP) is 2.54. The maximum Gasteiger partial charge on any atom is 0.335 e. The summed E-state index contributed by atoms with van der Waals surface area (Å²) in [7, 11) is 0. The van der Waals surface area contributed by atoms with Gasteiger partial charge in [-0.2, -0.15) is 0 Å². The summed E-state index contributed by atoms with van der Waals surface area (Å²) < 4.78 is 0. The number of carbonyl (C=O) groups excluding carboxylic acids is 2. The van der Waals surface area contributed by atoms with Crippen molar-refractivity contribution in [3.05, 3.63) is 23.8 Å². The number of amides is 2. The molecule has 7 heteroatoms. The number of nitrogens with zero attached hydrogens (tertiary/aromatic N) is 2. The Hall–Kier alpha value is -2.41. The summed E-state index contributed by atoms with van der Waals surface area (Å²) >= 11 is 0. The van der Waals surface area contributed by atoms with E-state index in [1.54, 1.807) is 11.0 Å². The van der Waals surface area contributed by atoms with E-state index in [4.69, 9.17) is 0 Å². The molecule has 2 aliphatic carbocycles. The van der Waals surface area contributed by atoms with E-state index in [0.717, 1.165) is 32.1 Å². The number of nitrogens with one attached hydrogen (secondary N) is 1. The normalized spacial score (nSPS) is 20.6. The highest BCUT2D eigenvalue weighted by atomic mass is 16.4. The zero-order valence-electron chi connectivity index (χ0n) is 16.0. The van der Waals surface area contributed by atoms with Crippen LogP contribution in [0.5, 0.6) is 0 Å². The molecular weight excluding hydrogens is 358 g/mol. The van der Waals surface area contributed by atoms with Gasteiger partial charge in [-0.05, 0) is 50.3 Å². The molecule has 0 bridgehead atoms. The second-order valence-corrected chi connectivity index (χ2v) is 8.05. The SMILES string of the molecule is O=C(O)c1ccc2c(c1)N(C(=O)CNC1CCCCC1)CC(=O)N2C1CCC1. The molecule has 0 saturated heterocycles. The molecule has 1 aliphatic heterocycles. The van der Waals surface area contributed by atoms with E-state index in [1.165, 1.54) is 36.3 Å². The lowest BCUT2D eigenvalue weighted by molar-refractivity contribution is -0.123. The van der Waals surface area contributed by atoms with Crippen LogP contribution >= 0.6 is 0 Å². The zero-order valence-corrected chi connectivity index (χ0v) is 16.0. The molecule has 2 amide bonds. The first-order valence-electron chi connectivity index (χ1n) is 10.3. The van der Waals surface area contributed by atoms with E-state index >= 15 is 0 Å².